The Morgan fingerprint density at radius 3 is 2.85 bits per heavy atom. The van der Waals surface area contributed by atoms with Crippen molar-refractivity contribution in [2.45, 2.75) is 13.3 Å². The minimum Gasteiger partial charge on any atom is -0.310 e. The fourth-order valence-electron chi connectivity index (χ4n) is 1.55. The van der Waals surface area contributed by atoms with Crippen molar-refractivity contribution in [1.82, 2.24) is 9.78 Å². The van der Waals surface area contributed by atoms with Gasteiger partial charge in [-0.15, -0.1) is 0 Å². The monoisotopic (exact) mass is 179 g/mol. The van der Waals surface area contributed by atoms with E-state index in [1.54, 1.807) is 14.0 Å². The first-order chi connectivity index (χ1) is 6.09. The van der Waals surface area contributed by atoms with Crippen molar-refractivity contribution in [3.8, 4) is 0 Å². The molecule has 2 rings (SSSR count). The van der Waals surface area contributed by atoms with Crippen molar-refractivity contribution in [1.29, 1.82) is 0 Å². The summed E-state index contributed by atoms with van der Waals surface area (Å²) in [6, 6.07) is 0. The number of amides is 1. The number of hydrogen-bond acceptors (Lipinski definition) is 3. The van der Waals surface area contributed by atoms with Gasteiger partial charge in [-0.05, 0) is 6.92 Å². The Bertz CT molecular complexity index is 406. The second-order valence-corrected chi connectivity index (χ2v) is 3.08. The molecular formula is C8H9N3O2. The molecule has 2 heterocycles. The van der Waals surface area contributed by atoms with Crippen LogP contribution in [0.4, 0.5) is 5.82 Å². The highest BCUT2D eigenvalue weighted by Crippen LogP contribution is 2.24. The number of carbonyl (C=O) groups excluding carboxylic acids is 2. The molecule has 68 valence electrons. The minimum absolute atomic E-state index is 0.0699. The first kappa shape index (κ1) is 7.97. The first-order valence-corrected chi connectivity index (χ1v) is 3.96. The summed E-state index contributed by atoms with van der Waals surface area (Å²) in [5.74, 6) is 0.101. The highest BCUT2D eigenvalue weighted by Gasteiger charge is 2.28. The maximum Gasteiger partial charge on any atom is 0.233 e. The van der Waals surface area contributed by atoms with Crippen LogP contribution in [0.3, 0.4) is 0 Å². The molecule has 13 heavy (non-hydrogen) atoms. The average Bonchev–Trinajstić information content (AvgIpc) is 2.27. The number of aryl methyl sites for hydroxylation is 2. The molecule has 0 fully saturated rings. The summed E-state index contributed by atoms with van der Waals surface area (Å²) in [6.45, 7) is 1.76. The summed E-state index contributed by atoms with van der Waals surface area (Å²) in [5, 5.41) is 6.68. The molecule has 5 nitrogen and oxygen atoms in total. The van der Waals surface area contributed by atoms with Gasteiger partial charge >= 0.3 is 0 Å². The van der Waals surface area contributed by atoms with Crippen molar-refractivity contribution < 1.29 is 9.59 Å². The van der Waals surface area contributed by atoms with E-state index in [-0.39, 0.29) is 18.1 Å². The SMILES string of the molecule is Cc1nn(C)c2c1C(=O)CC(=O)N2. The number of carbonyl (C=O) groups is 2. The molecule has 0 saturated carbocycles. The van der Waals surface area contributed by atoms with Gasteiger partial charge in [0.25, 0.3) is 0 Å². The van der Waals surface area contributed by atoms with Crippen LogP contribution >= 0.6 is 0 Å². The van der Waals surface area contributed by atoms with Gasteiger partial charge in [-0.25, -0.2) is 0 Å². The lowest BCUT2D eigenvalue weighted by molar-refractivity contribution is -0.115. The molecule has 0 spiro atoms. The molecule has 0 saturated heterocycles. The predicted octanol–water partition coefficient (Wildman–Crippen LogP) is 0.253. The van der Waals surface area contributed by atoms with Gasteiger partial charge in [0, 0.05) is 7.05 Å². The molecule has 0 aliphatic carbocycles. The molecule has 1 N–H and O–H groups in total. The molecule has 1 aromatic heterocycles. The molecule has 0 unspecified atom stereocenters. The van der Waals surface area contributed by atoms with Gasteiger partial charge in [-0.2, -0.15) is 5.10 Å². The third-order valence-electron chi connectivity index (χ3n) is 2.08. The van der Waals surface area contributed by atoms with Crippen LogP contribution in [-0.2, 0) is 11.8 Å². The predicted molar refractivity (Wildman–Crippen MR) is 45.5 cm³/mol. The van der Waals surface area contributed by atoms with Crippen molar-refractivity contribution >= 4 is 17.5 Å². The number of Topliss-reactive ketones (excluding diaryl/α,β-unsaturated/α-hetero) is 1. The van der Waals surface area contributed by atoms with Crippen LogP contribution < -0.4 is 5.32 Å². The van der Waals surface area contributed by atoms with E-state index in [4.69, 9.17) is 0 Å². The van der Waals surface area contributed by atoms with E-state index in [2.05, 4.69) is 10.4 Å². The Morgan fingerprint density at radius 1 is 1.46 bits per heavy atom. The maximum absolute atomic E-state index is 11.4. The topological polar surface area (TPSA) is 64.0 Å². The van der Waals surface area contributed by atoms with Crippen molar-refractivity contribution in [2.75, 3.05) is 5.32 Å². The Balaban J connectivity index is 2.64. The number of ketones is 1. The molecule has 5 heteroatoms. The van der Waals surface area contributed by atoms with E-state index in [1.807, 2.05) is 0 Å². The fraction of sp³-hybridized carbons (Fsp3) is 0.375. The van der Waals surface area contributed by atoms with E-state index in [9.17, 15) is 9.59 Å². The third-order valence-corrected chi connectivity index (χ3v) is 2.08. The van der Waals surface area contributed by atoms with E-state index in [0.29, 0.717) is 17.1 Å². The molecular weight excluding hydrogens is 170 g/mol. The van der Waals surface area contributed by atoms with Crippen LogP contribution in [0.25, 0.3) is 0 Å². The normalized spacial score (nSPS) is 15.5. The van der Waals surface area contributed by atoms with Crippen molar-refractivity contribution in [2.24, 2.45) is 7.05 Å². The smallest absolute Gasteiger partial charge is 0.233 e. The van der Waals surface area contributed by atoms with Crippen LogP contribution in [0.15, 0.2) is 0 Å². The molecule has 1 aliphatic heterocycles. The highest BCUT2D eigenvalue weighted by atomic mass is 16.2. The quantitative estimate of drug-likeness (QED) is 0.581. The van der Waals surface area contributed by atoms with Crippen molar-refractivity contribution in [3.63, 3.8) is 0 Å². The molecule has 0 radical (unpaired) electrons. The Labute approximate surface area is 74.7 Å². The molecule has 1 aliphatic rings. The third kappa shape index (κ3) is 1.04. The zero-order valence-electron chi connectivity index (χ0n) is 7.42. The van der Waals surface area contributed by atoms with E-state index < -0.39 is 0 Å². The van der Waals surface area contributed by atoms with Gasteiger partial charge in [0.2, 0.25) is 5.91 Å². The number of fused-ring (bicyclic) bond motifs is 1. The lowest BCUT2D eigenvalue weighted by Gasteiger charge is -2.12. The summed E-state index contributed by atoms with van der Waals surface area (Å²) in [5.41, 5.74) is 1.21. The van der Waals surface area contributed by atoms with Gasteiger partial charge in [0.15, 0.2) is 5.78 Å². The van der Waals surface area contributed by atoms with Gasteiger partial charge in [0.1, 0.15) is 5.82 Å². The zero-order chi connectivity index (χ0) is 9.59. The van der Waals surface area contributed by atoms with Gasteiger partial charge in [0.05, 0.1) is 17.7 Å². The molecule has 1 aromatic rings. The van der Waals surface area contributed by atoms with Crippen LogP contribution in [0.5, 0.6) is 0 Å². The average molecular weight is 179 g/mol. The number of nitrogens with one attached hydrogen (secondary N) is 1. The zero-order valence-corrected chi connectivity index (χ0v) is 7.42. The number of nitrogens with zero attached hydrogens (tertiary/aromatic N) is 2. The van der Waals surface area contributed by atoms with Crippen LogP contribution in [0.1, 0.15) is 22.5 Å². The maximum atomic E-state index is 11.4. The van der Waals surface area contributed by atoms with Crippen molar-refractivity contribution in [3.05, 3.63) is 11.3 Å². The second kappa shape index (κ2) is 2.42. The summed E-state index contributed by atoms with van der Waals surface area (Å²) in [4.78, 5) is 22.4. The number of anilines is 1. The first-order valence-electron chi connectivity index (χ1n) is 3.96. The number of aromatic nitrogens is 2. The highest BCUT2D eigenvalue weighted by molar-refractivity contribution is 6.18. The van der Waals surface area contributed by atoms with Gasteiger partial charge < -0.3 is 5.32 Å². The Kier molecular flexibility index (Phi) is 1.48. The van der Waals surface area contributed by atoms with E-state index >= 15 is 0 Å². The second-order valence-electron chi connectivity index (χ2n) is 3.08. The lowest BCUT2D eigenvalue weighted by atomic mass is 10.1. The largest absolute Gasteiger partial charge is 0.310 e. The van der Waals surface area contributed by atoms with Gasteiger partial charge in [-0.3, -0.25) is 14.3 Å². The van der Waals surface area contributed by atoms with Gasteiger partial charge in [-0.1, -0.05) is 0 Å². The molecule has 0 aromatic carbocycles. The lowest BCUT2D eigenvalue weighted by Crippen LogP contribution is -2.25. The van der Waals surface area contributed by atoms with Crippen LogP contribution in [-0.4, -0.2) is 21.5 Å². The number of rotatable bonds is 0. The Hall–Kier alpha value is -1.65. The molecule has 1 amide bonds. The Morgan fingerprint density at radius 2 is 2.15 bits per heavy atom. The number of hydrogen-bond donors (Lipinski definition) is 1. The summed E-state index contributed by atoms with van der Waals surface area (Å²) < 4.78 is 1.51. The van der Waals surface area contributed by atoms with Crippen LogP contribution in [0, 0.1) is 6.92 Å². The minimum atomic E-state index is -0.263. The standard InChI is InChI=1S/C8H9N3O2/c1-4-7-5(12)3-6(13)9-8(7)11(2)10-4/h3H2,1-2H3,(H,9,13). The molecule has 0 bridgehead atoms. The van der Waals surface area contributed by atoms with E-state index in [1.165, 1.54) is 4.68 Å². The summed E-state index contributed by atoms with van der Waals surface area (Å²) >= 11 is 0. The summed E-state index contributed by atoms with van der Waals surface area (Å²) in [6.07, 6.45) is -0.0699. The summed E-state index contributed by atoms with van der Waals surface area (Å²) in [7, 11) is 1.70. The van der Waals surface area contributed by atoms with Crippen LogP contribution in [0.2, 0.25) is 0 Å². The fourth-order valence-corrected chi connectivity index (χ4v) is 1.55. The van der Waals surface area contributed by atoms with E-state index in [0.717, 1.165) is 0 Å². The molecule has 0 atom stereocenters.